The Morgan fingerprint density at radius 2 is 1.69 bits per heavy atom. The third kappa shape index (κ3) is 6.51. The number of phenols is 1. The molecule has 0 bridgehead atoms. The summed E-state index contributed by atoms with van der Waals surface area (Å²) in [5.41, 5.74) is -0.709. The smallest absolute Gasteiger partial charge is 0.315 e. The number of nitrogens with one attached hydrogen (secondary N) is 1. The highest BCUT2D eigenvalue weighted by Crippen LogP contribution is 2.48. The van der Waals surface area contributed by atoms with E-state index in [9.17, 15) is 28.2 Å². The van der Waals surface area contributed by atoms with E-state index in [1.54, 1.807) is 26.0 Å². The predicted octanol–water partition coefficient (Wildman–Crippen LogP) is 2.64. The minimum atomic E-state index is -4.13. The van der Waals surface area contributed by atoms with E-state index in [1.165, 1.54) is 44.4 Å². The molecule has 212 valence electrons. The summed E-state index contributed by atoms with van der Waals surface area (Å²) < 4.78 is 41.6. The maximum absolute atomic E-state index is 13.4. The first kappa shape index (κ1) is 29.9. The maximum Gasteiger partial charge on any atom is 0.315 e. The molecule has 0 saturated heterocycles. The number of benzene rings is 2. The lowest BCUT2D eigenvalue weighted by Crippen LogP contribution is -2.55. The SMILES string of the molecule is CCOC(=O)[C@H]1/C(=N\NS(=O)(=O)c2ccc(C)cc2)C[C@](C)(O)[C@@H](C(=O)OCC)[C@H]1c1ccc(OC)c(O)c1. The van der Waals surface area contributed by atoms with Gasteiger partial charge in [-0.15, -0.1) is 0 Å². The molecule has 39 heavy (non-hydrogen) atoms. The average molecular weight is 563 g/mol. The summed E-state index contributed by atoms with van der Waals surface area (Å²) in [6.07, 6.45) is -0.338. The van der Waals surface area contributed by atoms with Crippen molar-refractivity contribution in [1.82, 2.24) is 4.83 Å². The van der Waals surface area contributed by atoms with Gasteiger partial charge in [-0.2, -0.15) is 13.5 Å². The van der Waals surface area contributed by atoms with Crippen molar-refractivity contribution >= 4 is 27.7 Å². The van der Waals surface area contributed by atoms with Crippen molar-refractivity contribution in [3.05, 3.63) is 53.6 Å². The number of rotatable bonds is 9. The summed E-state index contributed by atoms with van der Waals surface area (Å²) in [4.78, 5) is 28.7. The van der Waals surface area contributed by atoms with Crippen LogP contribution in [-0.4, -0.2) is 62.2 Å². The second-order valence-corrected chi connectivity index (χ2v) is 11.1. The van der Waals surface area contributed by atoms with E-state index in [0.717, 1.165) is 5.56 Å². The van der Waals surface area contributed by atoms with Crippen molar-refractivity contribution in [3.8, 4) is 11.5 Å². The number of ether oxygens (including phenoxy) is 3. The zero-order chi connectivity index (χ0) is 29.0. The van der Waals surface area contributed by atoms with Gasteiger partial charge in [0.25, 0.3) is 10.0 Å². The molecule has 1 saturated carbocycles. The van der Waals surface area contributed by atoms with Gasteiger partial charge in [0.2, 0.25) is 0 Å². The van der Waals surface area contributed by atoms with E-state index in [2.05, 4.69) is 9.93 Å². The molecular formula is C27H34N2O9S. The summed E-state index contributed by atoms with van der Waals surface area (Å²) in [7, 11) is -2.76. The van der Waals surface area contributed by atoms with Crippen LogP contribution in [0.2, 0.25) is 0 Å². The van der Waals surface area contributed by atoms with Crippen molar-refractivity contribution in [2.45, 2.75) is 50.5 Å². The molecule has 1 aliphatic carbocycles. The van der Waals surface area contributed by atoms with E-state index in [0.29, 0.717) is 5.56 Å². The first-order chi connectivity index (χ1) is 18.4. The Bertz CT molecular complexity index is 1340. The number of aliphatic hydroxyl groups is 1. The minimum Gasteiger partial charge on any atom is -0.504 e. The van der Waals surface area contributed by atoms with Gasteiger partial charge in [0.05, 0.1) is 42.4 Å². The third-order valence-electron chi connectivity index (χ3n) is 6.60. The Kier molecular flexibility index (Phi) is 9.23. The van der Waals surface area contributed by atoms with Gasteiger partial charge in [-0.1, -0.05) is 23.8 Å². The molecule has 0 aromatic heterocycles. The van der Waals surface area contributed by atoms with Crippen molar-refractivity contribution in [2.24, 2.45) is 16.9 Å². The van der Waals surface area contributed by atoms with Crippen LogP contribution >= 0.6 is 0 Å². The molecule has 4 atom stereocenters. The average Bonchev–Trinajstić information content (AvgIpc) is 2.87. The first-order valence-corrected chi connectivity index (χ1v) is 13.9. The summed E-state index contributed by atoms with van der Waals surface area (Å²) >= 11 is 0. The second-order valence-electron chi connectivity index (χ2n) is 9.46. The summed E-state index contributed by atoms with van der Waals surface area (Å²) in [6, 6.07) is 10.4. The van der Waals surface area contributed by atoms with Crippen LogP contribution in [0.25, 0.3) is 0 Å². The number of hydrogen-bond donors (Lipinski definition) is 3. The fourth-order valence-corrected chi connectivity index (χ4v) is 5.65. The Morgan fingerprint density at radius 3 is 2.26 bits per heavy atom. The maximum atomic E-state index is 13.4. The molecule has 0 amide bonds. The van der Waals surface area contributed by atoms with Gasteiger partial charge in [-0.05, 0) is 57.5 Å². The van der Waals surface area contributed by atoms with Gasteiger partial charge < -0.3 is 24.4 Å². The minimum absolute atomic E-state index is 0.00123. The Balaban J connectivity index is 2.19. The number of methoxy groups -OCH3 is 1. The van der Waals surface area contributed by atoms with Crippen molar-refractivity contribution in [2.75, 3.05) is 20.3 Å². The molecule has 1 aliphatic rings. The molecule has 0 heterocycles. The summed E-state index contributed by atoms with van der Waals surface area (Å²) in [6.45, 7) is 6.43. The molecule has 3 rings (SSSR count). The highest BCUT2D eigenvalue weighted by atomic mass is 32.2. The fourth-order valence-electron chi connectivity index (χ4n) is 4.82. The lowest BCUT2D eigenvalue weighted by Gasteiger charge is -2.45. The Labute approximate surface area is 227 Å². The molecule has 0 unspecified atom stereocenters. The Morgan fingerprint density at radius 1 is 1.08 bits per heavy atom. The molecule has 12 heteroatoms. The van der Waals surface area contributed by atoms with Crippen LogP contribution in [0.1, 0.15) is 44.2 Å². The topological polar surface area (TPSA) is 161 Å². The summed E-state index contributed by atoms with van der Waals surface area (Å²) in [5, 5.41) is 26.1. The van der Waals surface area contributed by atoms with E-state index in [-0.39, 0.29) is 41.7 Å². The molecule has 11 nitrogen and oxygen atoms in total. The van der Waals surface area contributed by atoms with Crippen LogP contribution in [0.4, 0.5) is 0 Å². The van der Waals surface area contributed by atoms with Crippen LogP contribution in [0.15, 0.2) is 52.5 Å². The molecule has 2 aromatic carbocycles. The van der Waals surface area contributed by atoms with Crippen LogP contribution in [-0.2, 0) is 29.1 Å². The standard InChI is InChI=1S/C27H34N2O9S/c1-6-37-25(31)23-19(28-29-39(34,35)18-11-8-16(3)9-12-18)15-27(4,33)24(26(32)38-7-2)22(23)17-10-13-21(36-5)20(30)14-17/h8-14,22-24,29-30,33H,6-7,15H2,1-5H3/b28-19-/t22-,23-,24+,27-/m0/s1. The molecule has 0 spiro atoms. The van der Waals surface area contributed by atoms with Crippen LogP contribution in [0.5, 0.6) is 11.5 Å². The van der Waals surface area contributed by atoms with Crippen LogP contribution < -0.4 is 9.57 Å². The molecule has 0 radical (unpaired) electrons. The number of aryl methyl sites for hydroxylation is 1. The highest BCUT2D eigenvalue weighted by Gasteiger charge is 2.56. The normalized spacial score (nSPS) is 24.2. The zero-order valence-corrected chi connectivity index (χ0v) is 23.3. The highest BCUT2D eigenvalue weighted by molar-refractivity contribution is 7.89. The number of phenolic OH excluding ortho intramolecular Hbond substituents is 1. The number of aromatic hydroxyl groups is 1. The van der Waals surface area contributed by atoms with E-state index < -0.39 is 45.3 Å². The number of sulfonamides is 1. The number of nitrogens with zero attached hydrogens (tertiary/aromatic N) is 1. The van der Waals surface area contributed by atoms with Crippen molar-refractivity contribution in [1.29, 1.82) is 0 Å². The number of carbonyl (C=O) groups is 2. The molecule has 2 aromatic rings. The van der Waals surface area contributed by atoms with Gasteiger partial charge in [0.15, 0.2) is 11.5 Å². The molecule has 1 fully saturated rings. The Hall–Kier alpha value is -3.64. The molecule has 3 N–H and O–H groups in total. The fraction of sp³-hybridized carbons (Fsp3) is 0.444. The number of carbonyl (C=O) groups excluding carboxylic acids is 2. The largest absolute Gasteiger partial charge is 0.504 e. The van der Waals surface area contributed by atoms with Crippen LogP contribution in [0, 0.1) is 18.8 Å². The van der Waals surface area contributed by atoms with Gasteiger partial charge in [0.1, 0.15) is 5.92 Å². The first-order valence-electron chi connectivity index (χ1n) is 12.4. The van der Waals surface area contributed by atoms with Crippen LogP contribution in [0.3, 0.4) is 0 Å². The van der Waals surface area contributed by atoms with E-state index in [1.807, 2.05) is 6.92 Å². The summed E-state index contributed by atoms with van der Waals surface area (Å²) in [5.74, 6) is -5.37. The zero-order valence-electron chi connectivity index (χ0n) is 22.5. The number of hydrazone groups is 1. The van der Waals surface area contributed by atoms with Crippen molar-refractivity contribution < 1.29 is 42.4 Å². The van der Waals surface area contributed by atoms with Gasteiger partial charge >= 0.3 is 11.9 Å². The van der Waals surface area contributed by atoms with Gasteiger partial charge in [0, 0.05) is 12.3 Å². The van der Waals surface area contributed by atoms with Gasteiger partial charge in [-0.25, -0.2) is 4.83 Å². The molecule has 0 aliphatic heterocycles. The predicted molar refractivity (Wildman–Crippen MR) is 142 cm³/mol. The third-order valence-corrected chi connectivity index (χ3v) is 7.82. The van der Waals surface area contributed by atoms with Gasteiger partial charge in [-0.3, -0.25) is 9.59 Å². The van der Waals surface area contributed by atoms with E-state index in [4.69, 9.17) is 14.2 Å². The lowest BCUT2D eigenvalue weighted by atomic mass is 9.61. The second kappa shape index (κ2) is 12.0. The number of esters is 2. The lowest BCUT2D eigenvalue weighted by molar-refractivity contribution is -0.163. The quantitative estimate of drug-likeness (QED) is 0.308. The monoisotopic (exact) mass is 562 g/mol. The van der Waals surface area contributed by atoms with E-state index >= 15 is 0 Å². The van der Waals surface area contributed by atoms with Crippen molar-refractivity contribution in [3.63, 3.8) is 0 Å². The number of hydrogen-bond acceptors (Lipinski definition) is 10. The molecular weight excluding hydrogens is 528 g/mol.